The first-order chi connectivity index (χ1) is 20.9. The highest BCUT2D eigenvalue weighted by atomic mass is 35.5. The van der Waals surface area contributed by atoms with E-state index in [4.69, 9.17) is 33.2 Å². The first-order valence-electron chi connectivity index (χ1n) is 13.1. The van der Waals surface area contributed by atoms with Crippen molar-refractivity contribution in [1.82, 2.24) is 24.1 Å². The highest BCUT2D eigenvalue weighted by Crippen LogP contribution is 2.27. The summed E-state index contributed by atoms with van der Waals surface area (Å²) in [5.41, 5.74) is 2.33. The molecule has 1 aromatic carbocycles. The van der Waals surface area contributed by atoms with Gasteiger partial charge in [-0.15, -0.1) is 6.42 Å². The number of imidazole rings is 1. The molecule has 15 heteroatoms. The van der Waals surface area contributed by atoms with Crippen LogP contribution in [0.15, 0.2) is 53.7 Å². The number of aryl methyl sites for hydroxylation is 1. The van der Waals surface area contributed by atoms with Crippen LogP contribution < -0.4 is 11.3 Å². The van der Waals surface area contributed by atoms with E-state index in [9.17, 15) is 29.7 Å². The number of rotatable bonds is 13. The highest BCUT2D eigenvalue weighted by Gasteiger charge is 2.50. The molecule has 0 aliphatic heterocycles. The zero-order valence-electron chi connectivity index (χ0n) is 23.7. The normalized spacial score (nSPS) is 13.7. The molecule has 0 saturated carbocycles. The van der Waals surface area contributed by atoms with Crippen molar-refractivity contribution < 1.29 is 34.4 Å². The molecule has 0 amide bonds. The Morgan fingerprint density at radius 1 is 1.16 bits per heavy atom. The van der Waals surface area contributed by atoms with Gasteiger partial charge in [0.05, 0.1) is 19.5 Å². The van der Waals surface area contributed by atoms with Crippen LogP contribution in [-0.2, 0) is 38.6 Å². The number of aliphatic carboxylic acids is 2. The number of hydrogen-bond donors (Lipinski definition) is 4. The number of hydrogen-bond acceptors (Lipinski definition) is 10. The van der Waals surface area contributed by atoms with Crippen molar-refractivity contribution in [3.8, 4) is 23.5 Å². The van der Waals surface area contributed by atoms with Crippen molar-refractivity contribution in [2.75, 3.05) is 19.5 Å². The minimum absolute atomic E-state index is 0.00260. The lowest BCUT2D eigenvalue weighted by Crippen LogP contribution is -2.55. The number of pyridine rings is 1. The van der Waals surface area contributed by atoms with Crippen LogP contribution in [0.2, 0.25) is 5.28 Å². The van der Waals surface area contributed by atoms with E-state index < -0.39 is 42.3 Å². The second-order valence-electron chi connectivity index (χ2n) is 9.85. The Morgan fingerprint density at radius 3 is 2.43 bits per heavy atom. The molecule has 0 fully saturated rings. The Morgan fingerprint density at radius 2 is 1.84 bits per heavy atom. The van der Waals surface area contributed by atoms with Crippen LogP contribution in [0, 0.1) is 12.3 Å². The van der Waals surface area contributed by atoms with Gasteiger partial charge < -0.3 is 39.7 Å². The van der Waals surface area contributed by atoms with Gasteiger partial charge in [0, 0.05) is 31.8 Å². The average Bonchev–Trinajstić information content (AvgIpc) is 3.39. The summed E-state index contributed by atoms with van der Waals surface area (Å²) in [5.74, 6) is -1.36. The fourth-order valence-corrected chi connectivity index (χ4v) is 4.86. The van der Waals surface area contributed by atoms with Crippen molar-refractivity contribution in [2.45, 2.75) is 43.7 Å². The Kier molecular flexibility index (Phi) is 9.36. The van der Waals surface area contributed by atoms with E-state index in [1.54, 1.807) is 30.5 Å². The number of aliphatic hydroxyl groups is 1. The lowest BCUT2D eigenvalue weighted by molar-refractivity contribution is -0.193. The number of carboxylic acid groups (broad SMARTS) is 2. The summed E-state index contributed by atoms with van der Waals surface area (Å²) in [6.07, 6.45) is 6.60. The molecule has 0 radical (unpaired) electrons. The van der Waals surface area contributed by atoms with E-state index in [1.807, 2.05) is 6.92 Å². The van der Waals surface area contributed by atoms with Gasteiger partial charge in [-0.05, 0) is 41.8 Å². The predicted octanol–water partition coefficient (Wildman–Crippen LogP) is 1.46. The third-order valence-electron chi connectivity index (χ3n) is 7.19. The van der Waals surface area contributed by atoms with Crippen LogP contribution in [0.25, 0.3) is 22.3 Å². The van der Waals surface area contributed by atoms with Crippen LogP contribution in [0.5, 0.6) is 0 Å². The van der Waals surface area contributed by atoms with Crippen molar-refractivity contribution in [3.05, 3.63) is 70.1 Å². The van der Waals surface area contributed by atoms with Crippen LogP contribution in [0.1, 0.15) is 12.5 Å². The van der Waals surface area contributed by atoms with Crippen molar-refractivity contribution in [2.24, 2.45) is 0 Å². The van der Waals surface area contributed by atoms with E-state index in [0.717, 1.165) is 0 Å². The third kappa shape index (κ3) is 6.12. The van der Waals surface area contributed by atoms with E-state index in [0.29, 0.717) is 23.2 Å². The number of ether oxygens (including phenoxy) is 2. The Hall–Kier alpha value is -4.81. The number of fused-ring (bicyclic) bond motifs is 1. The van der Waals surface area contributed by atoms with Gasteiger partial charge in [0.15, 0.2) is 17.1 Å². The monoisotopic (exact) mass is 624 g/mol. The van der Waals surface area contributed by atoms with Gasteiger partial charge in [-0.3, -0.25) is 4.79 Å². The molecule has 5 N–H and O–H groups in total. The Labute approximate surface area is 255 Å². The van der Waals surface area contributed by atoms with Crippen LogP contribution in [0.3, 0.4) is 0 Å². The maximum Gasteiger partial charge on any atom is 0.348 e. The molecule has 14 nitrogen and oxygen atoms in total. The predicted molar refractivity (Wildman–Crippen MR) is 159 cm³/mol. The third-order valence-corrected chi connectivity index (χ3v) is 7.36. The maximum atomic E-state index is 12.7. The number of carbonyl (C=O) groups is 2. The molecule has 0 unspecified atom stereocenters. The number of benzene rings is 1. The summed E-state index contributed by atoms with van der Waals surface area (Å²) < 4.78 is 13.8. The topological polar surface area (TPSA) is 205 Å². The van der Waals surface area contributed by atoms with Crippen molar-refractivity contribution in [1.29, 1.82) is 0 Å². The zero-order chi connectivity index (χ0) is 32.2. The summed E-state index contributed by atoms with van der Waals surface area (Å²) in [5, 5.41) is 31.3. The standard InChI is InChI=1S/C29H29ClN6O8/c1-4-28(42,15-36-16-32-21-22(31)33-27(30)34-23(21)36)20(43-3)14-44-29(25(38)39,26(40)41)13-17-8-10-18(11-9-17)19-7-6-12-35(5-2)24(19)37/h1,6-12,16,20,42H,5,13-15H2,2-3H3,(H,38,39)(H,40,41)(H2,31,33,34)/t20-,28+/m1/s1. The number of terminal acetylenes is 1. The number of nitrogens with two attached hydrogens (primary N) is 1. The fraction of sp³-hybridized carbons (Fsp3) is 0.310. The van der Waals surface area contributed by atoms with E-state index >= 15 is 0 Å². The molecule has 44 heavy (non-hydrogen) atoms. The summed E-state index contributed by atoms with van der Waals surface area (Å²) in [6.45, 7) is 1.20. The number of halogens is 1. The molecule has 0 aliphatic carbocycles. The fourth-order valence-electron chi connectivity index (χ4n) is 4.69. The van der Waals surface area contributed by atoms with Gasteiger partial charge >= 0.3 is 11.9 Å². The SMILES string of the molecule is C#C[C@](O)(Cn1cnc2c(N)nc(Cl)nc21)[C@@H](COC(Cc1ccc(-c2cccn(CC)c2=O)cc1)(C(=O)O)C(=O)O)OC. The van der Waals surface area contributed by atoms with Gasteiger partial charge in [-0.1, -0.05) is 30.2 Å². The Balaban J connectivity index is 1.59. The van der Waals surface area contributed by atoms with Gasteiger partial charge in [0.2, 0.25) is 5.28 Å². The van der Waals surface area contributed by atoms with E-state index in [2.05, 4.69) is 20.9 Å². The smallest absolute Gasteiger partial charge is 0.348 e. The zero-order valence-corrected chi connectivity index (χ0v) is 24.4. The number of nitrogens with zero attached hydrogens (tertiary/aromatic N) is 5. The summed E-state index contributed by atoms with van der Waals surface area (Å²) in [7, 11) is 1.19. The molecule has 4 aromatic rings. The largest absolute Gasteiger partial charge is 0.479 e. The maximum absolute atomic E-state index is 12.7. The van der Waals surface area contributed by atoms with Crippen LogP contribution in [-0.4, -0.2) is 82.4 Å². The first-order valence-corrected chi connectivity index (χ1v) is 13.5. The minimum atomic E-state index is -2.79. The van der Waals surface area contributed by atoms with Crippen molar-refractivity contribution in [3.63, 3.8) is 0 Å². The number of nitrogen functional groups attached to an aromatic ring is 1. The molecule has 2 atom stereocenters. The summed E-state index contributed by atoms with van der Waals surface area (Å²) >= 11 is 5.92. The minimum Gasteiger partial charge on any atom is -0.479 e. The molecular weight excluding hydrogens is 596 g/mol. The second kappa shape index (κ2) is 12.8. The number of carboxylic acids is 2. The quantitative estimate of drug-likeness (QED) is 0.0948. The van der Waals surface area contributed by atoms with Gasteiger partial charge in [0.1, 0.15) is 11.6 Å². The van der Waals surface area contributed by atoms with E-state index in [-0.39, 0.29) is 34.4 Å². The van der Waals surface area contributed by atoms with Crippen molar-refractivity contribution >= 4 is 40.5 Å². The molecule has 3 heterocycles. The number of anilines is 1. The molecule has 0 spiro atoms. The second-order valence-corrected chi connectivity index (χ2v) is 10.2. The first kappa shape index (κ1) is 32.1. The number of aromatic nitrogens is 5. The molecule has 0 bridgehead atoms. The van der Waals surface area contributed by atoms with Crippen LogP contribution >= 0.6 is 11.6 Å². The molecular formula is C29H29ClN6O8. The molecule has 0 saturated heterocycles. The van der Waals surface area contributed by atoms with Gasteiger partial charge in [-0.25, -0.2) is 14.6 Å². The molecule has 3 aromatic heterocycles. The summed E-state index contributed by atoms with van der Waals surface area (Å²) in [4.78, 5) is 49.5. The van der Waals surface area contributed by atoms with Crippen LogP contribution in [0.4, 0.5) is 5.82 Å². The number of methoxy groups -OCH3 is 1. The molecule has 230 valence electrons. The highest BCUT2D eigenvalue weighted by molar-refractivity contribution is 6.28. The summed E-state index contributed by atoms with van der Waals surface area (Å²) in [6, 6.07) is 9.60. The Bertz CT molecular complexity index is 1780. The van der Waals surface area contributed by atoms with Gasteiger partial charge in [-0.2, -0.15) is 9.97 Å². The van der Waals surface area contributed by atoms with Gasteiger partial charge in [0.25, 0.3) is 11.2 Å². The average molecular weight is 625 g/mol. The lowest BCUT2D eigenvalue weighted by Gasteiger charge is -2.33. The van der Waals surface area contributed by atoms with E-state index in [1.165, 1.54) is 34.7 Å². The molecule has 0 aliphatic rings. The lowest BCUT2D eigenvalue weighted by atomic mass is 9.92. The molecule has 4 rings (SSSR count).